The molecule has 1 aliphatic heterocycles. The molecule has 1 atom stereocenters. The Kier molecular flexibility index (Phi) is 9.51. The van der Waals surface area contributed by atoms with Gasteiger partial charge in [-0.05, 0) is 18.2 Å². The normalized spacial score (nSPS) is 18.8. The van der Waals surface area contributed by atoms with Crippen molar-refractivity contribution >= 4 is 16.5 Å². The van der Waals surface area contributed by atoms with Gasteiger partial charge in [-0.25, -0.2) is 4.68 Å². The number of aliphatic hydroxyl groups excluding tert-OH is 1. The van der Waals surface area contributed by atoms with Gasteiger partial charge in [0, 0.05) is 13.1 Å². The maximum atomic E-state index is 12.9. The summed E-state index contributed by atoms with van der Waals surface area (Å²) in [7, 11) is 3.27. The Labute approximate surface area is 204 Å². The van der Waals surface area contributed by atoms with Gasteiger partial charge in [0.05, 0.1) is 24.4 Å². The van der Waals surface area contributed by atoms with E-state index in [-0.39, 0.29) is 42.5 Å². The first-order valence-corrected chi connectivity index (χ1v) is 10.7. The Balaban J connectivity index is 0.00000193. The van der Waals surface area contributed by atoms with Crippen LogP contribution in [0.3, 0.4) is 0 Å². The lowest BCUT2D eigenvalue weighted by molar-refractivity contribution is -0.988. The molecule has 1 fully saturated rings. The number of ether oxygens (including phenoxy) is 1. The maximum Gasteiger partial charge on any atom is 0.273 e. The number of halogens is 2. The third-order valence-corrected chi connectivity index (χ3v) is 6.23. The lowest BCUT2D eigenvalue weighted by atomic mass is 10.2. The minimum Gasteiger partial charge on any atom is -1.00 e. The Morgan fingerprint density at radius 1 is 0.939 bits per heavy atom. The van der Waals surface area contributed by atoms with Crippen molar-refractivity contribution in [1.82, 2.24) is 9.36 Å². The monoisotopic (exact) mass is 496 g/mol. The van der Waals surface area contributed by atoms with Crippen molar-refractivity contribution < 1.29 is 44.5 Å². The first-order chi connectivity index (χ1) is 15.0. The zero-order chi connectivity index (χ0) is 22.0. The van der Waals surface area contributed by atoms with Crippen LogP contribution in [0.25, 0.3) is 10.8 Å². The Bertz CT molecular complexity index is 1190. The number of nitrogens with one attached hydrogen (secondary N) is 2. The molecule has 1 aliphatic rings. The van der Waals surface area contributed by atoms with E-state index in [4.69, 9.17) is 4.74 Å². The van der Waals surface area contributed by atoms with Gasteiger partial charge in [-0.15, -0.1) is 0 Å². The molecular weight excluding hydrogens is 467 g/mol. The average Bonchev–Trinajstić information content (AvgIpc) is 2.81. The fraction of sp³-hybridized carbons (Fsp3) is 0.391. The molecule has 1 unspecified atom stereocenters. The lowest BCUT2D eigenvalue weighted by Gasteiger charge is -2.31. The van der Waals surface area contributed by atoms with Crippen LogP contribution in [0, 0.1) is 0 Å². The van der Waals surface area contributed by atoms with Crippen LogP contribution in [-0.4, -0.2) is 60.4 Å². The molecule has 10 heteroatoms. The van der Waals surface area contributed by atoms with Crippen molar-refractivity contribution in [3.05, 3.63) is 69.2 Å². The van der Waals surface area contributed by atoms with E-state index in [1.165, 1.54) is 24.9 Å². The Morgan fingerprint density at radius 3 is 2.15 bits per heavy atom. The largest absolute Gasteiger partial charge is 1.00 e. The fourth-order valence-corrected chi connectivity index (χ4v) is 4.53. The first-order valence-electron chi connectivity index (χ1n) is 10.7. The van der Waals surface area contributed by atoms with Gasteiger partial charge in [-0.3, -0.25) is 19.2 Å². The summed E-state index contributed by atoms with van der Waals surface area (Å²) in [5, 5.41) is 11.5. The van der Waals surface area contributed by atoms with Crippen molar-refractivity contribution in [2.45, 2.75) is 12.6 Å². The van der Waals surface area contributed by atoms with Gasteiger partial charge in [-0.1, -0.05) is 24.3 Å². The predicted molar refractivity (Wildman–Crippen MR) is 118 cm³/mol. The second-order valence-corrected chi connectivity index (χ2v) is 8.17. The summed E-state index contributed by atoms with van der Waals surface area (Å²) in [5.74, 6) is 0.901. The Morgan fingerprint density at radius 2 is 1.52 bits per heavy atom. The zero-order valence-electron chi connectivity index (χ0n) is 18.8. The second kappa shape index (κ2) is 11.7. The number of fused-ring (bicyclic) bond motifs is 1. The summed E-state index contributed by atoms with van der Waals surface area (Å²) in [5.41, 5.74) is 0.684. The number of hydrogen-bond acceptors (Lipinski definition) is 4. The highest BCUT2D eigenvalue weighted by molar-refractivity contribution is 5.80. The number of aromatic nitrogens is 2. The molecular formula is C23H30Cl2N4O4. The number of methoxy groups -OCH3 is 1. The van der Waals surface area contributed by atoms with Crippen molar-refractivity contribution in [1.29, 1.82) is 0 Å². The van der Waals surface area contributed by atoms with E-state index in [1.54, 1.807) is 38.4 Å². The molecule has 33 heavy (non-hydrogen) atoms. The third-order valence-electron chi connectivity index (χ3n) is 6.23. The smallest absolute Gasteiger partial charge is 0.273 e. The molecule has 0 saturated carbocycles. The van der Waals surface area contributed by atoms with Gasteiger partial charge < -0.3 is 39.6 Å². The summed E-state index contributed by atoms with van der Waals surface area (Å²) >= 11 is 0. The highest BCUT2D eigenvalue weighted by Crippen LogP contribution is 2.18. The summed E-state index contributed by atoms with van der Waals surface area (Å²) in [6.07, 6.45) is -0.715. The van der Waals surface area contributed by atoms with Crippen LogP contribution < -0.4 is 50.5 Å². The van der Waals surface area contributed by atoms with Crippen molar-refractivity contribution in [2.75, 3.05) is 39.8 Å². The Hall–Kier alpha value is -2.36. The predicted octanol–water partition coefficient (Wildman–Crippen LogP) is -7.81. The second-order valence-electron chi connectivity index (χ2n) is 8.17. The molecule has 180 valence electrons. The number of rotatable bonds is 6. The number of piperazine rings is 1. The number of aliphatic hydroxyl groups is 1. The van der Waals surface area contributed by atoms with Gasteiger partial charge in [0.2, 0.25) is 0 Å². The molecule has 0 amide bonds. The standard InChI is InChI=1S/C23H28N4O4.2ClH/c1-24-22(29)18-7-3-4-8-19(18)23(30)27(24)16-17(28)15-25-11-13-26(14-12-25)20-9-5-6-10-21(20)31-2;;/h3-10,17,28H,11-16H2,1-2H3;2*1H. The van der Waals surface area contributed by atoms with Gasteiger partial charge in [0.25, 0.3) is 11.1 Å². The van der Waals surface area contributed by atoms with Gasteiger partial charge in [0.15, 0.2) is 11.4 Å². The third kappa shape index (κ3) is 5.59. The SMILES string of the molecule is COc1ccccc1[NH+]1CC[NH+](CC(O)Cn2c(=O)c3ccccc3c(=O)n2C)CC1.[Cl-].[Cl-]. The molecule has 8 nitrogen and oxygen atoms in total. The molecule has 3 N–H and O–H groups in total. The molecule has 1 saturated heterocycles. The van der Waals surface area contributed by atoms with Crippen LogP contribution in [0.1, 0.15) is 0 Å². The minimum absolute atomic E-state index is 0. The van der Waals surface area contributed by atoms with Crippen molar-refractivity contribution in [3.8, 4) is 5.75 Å². The lowest BCUT2D eigenvalue weighted by Crippen LogP contribution is -3.26. The molecule has 3 aromatic rings. The van der Waals surface area contributed by atoms with Crippen LogP contribution in [0.5, 0.6) is 5.75 Å². The van der Waals surface area contributed by atoms with Gasteiger partial charge in [0.1, 0.15) is 38.8 Å². The maximum absolute atomic E-state index is 12.9. The van der Waals surface area contributed by atoms with Crippen LogP contribution in [0.4, 0.5) is 5.69 Å². The molecule has 0 bridgehead atoms. The number of hydrogen-bond donors (Lipinski definition) is 3. The highest BCUT2D eigenvalue weighted by Gasteiger charge is 2.28. The number of quaternary nitrogens is 2. The van der Waals surface area contributed by atoms with Crippen molar-refractivity contribution in [3.63, 3.8) is 0 Å². The minimum atomic E-state index is -0.715. The van der Waals surface area contributed by atoms with E-state index in [1.807, 2.05) is 18.2 Å². The van der Waals surface area contributed by atoms with E-state index < -0.39 is 6.10 Å². The summed E-state index contributed by atoms with van der Waals surface area (Å²) in [4.78, 5) is 28.1. The summed E-state index contributed by atoms with van der Waals surface area (Å²) in [6, 6.07) is 14.9. The van der Waals surface area contributed by atoms with Crippen LogP contribution in [-0.2, 0) is 13.6 Å². The van der Waals surface area contributed by atoms with Crippen LogP contribution >= 0.6 is 0 Å². The molecule has 0 radical (unpaired) electrons. The fourth-order valence-electron chi connectivity index (χ4n) is 4.53. The van der Waals surface area contributed by atoms with E-state index in [9.17, 15) is 14.7 Å². The highest BCUT2D eigenvalue weighted by atomic mass is 35.5. The number of nitrogens with zero attached hydrogens (tertiary/aromatic N) is 2. The van der Waals surface area contributed by atoms with E-state index in [0.29, 0.717) is 17.3 Å². The van der Waals surface area contributed by atoms with E-state index in [2.05, 4.69) is 6.07 Å². The molecule has 1 aromatic heterocycles. The molecule has 2 aromatic carbocycles. The number of para-hydroxylation sites is 2. The summed E-state index contributed by atoms with van der Waals surface area (Å²) in [6.45, 7) is 4.34. The molecule has 4 rings (SSSR count). The quantitative estimate of drug-likeness (QED) is 0.316. The zero-order valence-corrected chi connectivity index (χ0v) is 20.3. The first kappa shape index (κ1) is 26.9. The van der Waals surface area contributed by atoms with E-state index >= 15 is 0 Å². The van der Waals surface area contributed by atoms with Gasteiger partial charge >= 0.3 is 0 Å². The number of benzene rings is 2. The molecule has 2 heterocycles. The van der Waals surface area contributed by atoms with Gasteiger partial charge in [-0.2, -0.15) is 0 Å². The average molecular weight is 497 g/mol. The molecule has 0 aliphatic carbocycles. The van der Waals surface area contributed by atoms with Crippen LogP contribution in [0.2, 0.25) is 0 Å². The topological polar surface area (TPSA) is 82.3 Å². The summed E-state index contributed by atoms with van der Waals surface area (Å²) < 4.78 is 8.16. The molecule has 0 spiro atoms. The van der Waals surface area contributed by atoms with Crippen molar-refractivity contribution in [2.24, 2.45) is 7.05 Å². The van der Waals surface area contributed by atoms with E-state index in [0.717, 1.165) is 31.9 Å². The van der Waals surface area contributed by atoms with Crippen LogP contribution in [0.15, 0.2) is 58.1 Å².